The minimum absolute atomic E-state index is 0.106. The van der Waals surface area contributed by atoms with E-state index in [1.54, 1.807) is 31.4 Å². The molecule has 180 valence electrons. The van der Waals surface area contributed by atoms with Crippen molar-refractivity contribution in [3.8, 4) is 5.75 Å². The van der Waals surface area contributed by atoms with E-state index in [-0.39, 0.29) is 17.6 Å². The molecule has 0 bridgehead atoms. The minimum Gasteiger partial charge on any atom is -0.497 e. The normalized spacial score (nSPS) is 10.8. The van der Waals surface area contributed by atoms with Crippen LogP contribution >= 0.6 is 11.8 Å². The lowest BCUT2D eigenvalue weighted by Gasteiger charge is -2.10. The van der Waals surface area contributed by atoms with Crippen LogP contribution in [0.4, 0.5) is 5.69 Å². The average molecular weight is 490 g/mol. The zero-order chi connectivity index (χ0) is 24.6. The molecule has 0 aliphatic rings. The highest BCUT2D eigenvalue weighted by molar-refractivity contribution is 7.99. The maximum absolute atomic E-state index is 12.6. The lowest BCUT2D eigenvalue weighted by Crippen LogP contribution is -2.26. The van der Waals surface area contributed by atoms with Gasteiger partial charge in [-0.15, -0.1) is 10.2 Å². The van der Waals surface area contributed by atoms with Crippen molar-refractivity contribution in [3.63, 3.8) is 0 Å². The molecule has 0 atom stereocenters. The Morgan fingerprint density at radius 3 is 2.54 bits per heavy atom. The summed E-state index contributed by atoms with van der Waals surface area (Å²) in [5.41, 5.74) is 1.36. The Balaban J connectivity index is 1.30. The van der Waals surface area contributed by atoms with Crippen molar-refractivity contribution in [1.29, 1.82) is 0 Å². The molecule has 0 aliphatic carbocycles. The number of benzene rings is 3. The Labute approximate surface area is 208 Å². The monoisotopic (exact) mass is 489 g/mol. The highest BCUT2D eigenvalue weighted by Gasteiger charge is 2.14. The number of nitrogens with zero attached hydrogens (tertiary/aromatic N) is 3. The molecule has 4 aromatic rings. The molecular weight excluding hydrogens is 462 g/mol. The molecule has 0 saturated heterocycles. The zero-order valence-electron chi connectivity index (χ0n) is 19.7. The average Bonchev–Trinajstić information content (AvgIpc) is 3.29. The minimum atomic E-state index is -0.157. The van der Waals surface area contributed by atoms with Gasteiger partial charge in [0.25, 0.3) is 5.91 Å². The predicted octanol–water partition coefficient (Wildman–Crippen LogP) is 4.16. The summed E-state index contributed by atoms with van der Waals surface area (Å²) in [6.45, 7) is 3.10. The number of methoxy groups -OCH3 is 1. The lowest BCUT2D eigenvalue weighted by atomic mass is 10.1. The highest BCUT2D eigenvalue weighted by Crippen LogP contribution is 2.24. The number of carbonyl (C=O) groups is 2. The van der Waals surface area contributed by atoms with Gasteiger partial charge in [-0.05, 0) is 42.6 Å². The van der Waals surface area contributed by atoms with E-state index in [4.69, 9.17) is 4.74 Å². The van der Waals surface area contributed by atoms with E-state index in [1.165, 1.54) is 11.8 Å². The third-order valence-corrected chi connectivity index (χ3v) is 6.46. The third kappa shape index (κ3) is 5.99. The van der Waals surface area contributed by atoms with Crippen LogP contribution in [0.1, 0.15) is 23.1 Å². The van der Waals surface area contributed by atoms with Crippen LogP contribution < -0.4 is 15.4 Å². The summed E-state index contributed by atoms with van der Waals surface area (Å²) in [6, 6.07) is 20.7. The van der Waals surface area contributed by atoms with Gasteiger partial charge >= 0.3 is 0 Å². The number of nitrogens with one attached hydrogen (secondary N) is 2. The second-order valence-electron chi connectivity index (χ2n) is 7.74. The summed E-state index contributed by atoms with van der Waals surface area (Å²) in [7, 11) is 1.59. The third-order valence-electron chi connectivity index (χ3n) is 5.49. The summed E-state index contributed by atoms with van der Waals surface area (Å²) in [5.74, 6) is 1.42. The molecule has 0 unspecified atom stereocenters. The maximum Gasteiger partial charge on any atom is 0.251 e. The molecule has 9 heteroatoms. The van der Waals surface area contributed by atoms with Gasteiger partial charge in [0.05, 0.1) is 12.9 Å². The first-order chi connectivity index (χ1) is 17.1. The fraction of sp³-hybridized carbons (Fsp3) is 0.231. The van der Waals surface area contributed by atoms with Gasteiger partial charge in [-0.3, -0.25) is 9.59 Å². The molecular formula is C26H27N5O3S. The maximum atomic E-state index is 12.6. The van der Waals surface area contributed by atoms with Crippen molar-refractivity contribution in [2.75, 3.05) is 24.7 Å². The Kier molecular flexibility index (Phi) is 7.99. The number of aromatic nitrogens is 3. The second kappa shape index (κ2) is 11.5. The summed E-state index contributed by atoms with van der Waals surface area (Å²) in [4.78, 5) is 25.0. The molecule has 3 aromatic carbocycles. The first kappa shape index (κ1) is 24.3. The van der Waals surface area contributed by atoms with Crippen LogP contribution in [-0.4, -0.2) is 46.0 Å². The van der Waals surface area contributed by atoms with Gasteiger partial charge < -0.3 is 19.9 Å². The number of hydrogen-bond donors (Lipinski definition) is 2. The van der Waals surface area contributed by atoms with Crippen LogP contribution in [0.2, 0.25) is 0 Å². The standard InChI is InChI=1S/C26H27N5O3S/c1-3-31-23(15-16-27-25(33)19-11-13-20(34-2)14-12-19)29-30-26(31)35-17-24(32)28-22-10-6-8-18-7-4-5-9-21(18)22/h4-14H,3,15-17H2,1-2H3,(H,27,33)(H,28,32). The molecule has 2 amide bonds. The van der Waals surface area contributed by atoms with Gasteiger partial charge in [-0.1, -0.05) is 48.2 Å². The van der Waals surface area contributed by atoms with Crippen LogP contribution in [0.3, 0.4) is 0 Å². The Morgan fingerprint density at radius 2 is 1.77 bits per heavy atom. The topological polar surface area (TPSA) is 98.1 Å². The van der Waals surface area contributed by atoms with Gasteiger partial charge in [0.2, 0.25) is 5.91 Å². The Bertz CT molecular complexity index is 1320. The van der Waals surface area contributed by atoms with Gasteiger partial charge in [0.15, 0.2) is 5.16 Å². The van der Waals surface area contributed by atoms with Gasteiger partial charge in [0, 0.05) is 36.1 Å². The number of ether oxygens (including phenoxy) is 1. The van der Waals surface area contributed by atoms with E-state index < -0.39 is 0 Å². The van der Waals surface area contributed by atoms with Gasteiger partial charge in [-0.2, -0.15) is 0 Å². The van der Waals surface area contributed by atoms with E-state index in [2.05, 4.69) is 20.8 Å². The van der Waals surface area contributed by atoms with E-state index in [9.17, 15) is 9.59 Å². The fourth-order valence-corrected chi connectivity index (χ4v) is 4.53. The zero-order valence-corrected chi connectivity index (χ0v) is 20.5. The van der Waals surface area contributed by atoms with E-state index >= 15 is 0 Å². The lowest BCUT2D eigenvalue weighted by molar-refractivity contribution is -0.113. The molecule has 0 spiro atoms. The molecule has 8 nitrogen and oxygen atoms in total. The molecule has 4 rings (SSSR count). The number of hydrogen-bond acceptors (Lipinski definition) is 6. The number of carbonyl (C=O) groups excluding carboxylic acids is 2. The molecule has 35 heavy (non-hydrogen) atoms. The van der Waals surface area contributed by atoms with Gasteiger partial charge in [-0.25, -0.2) is 0 Å². The fourth-order valence-electron chi connectivity index (χ4n) is 3.71. The highest BCUT2D eigenvalue weighted by atomic mass is 32.2. The number of thioether (sulfide) groups is 1. The van der Waals surface area contributed by atoms with Crippen LogP contribution in [0.15, 0.2) is 71.9 Å². The van der Waals surface area contributed by atoms with Crippen molar-refractivity contribution in [3.05, 3.63) is 78.1 Å². The molecule has 0 radical (unpaired) electrons. The summed E-state index contributed by atoms with van der Waals surface area (Å²) in [5, 5.41) is 17.2. The van der Waals surface area contributed by atoms with Crippen molar-refractivity contribution < 1.29 is 14.3 Å². The quantitative estimate of drug-likeness (QED) is 0.325. The first-order valence-corrected chi connectivity index (χ1v) is 12.3. The molecule has 1 heterocycles. The van der Waals surface area contributed by atoms with Crippen LogP contribution in [0.5, 0.6) is 5.75 Å². The van der Waals surface area contributed by atoms with Crippen molar-refractivity contribution in [2.45, 2.75) is 25.0 Å². The Morgan fingerprint density at radius 1 is 1.00 bits per heavy atom. The smallest absolute Gasteiger partial charge is 0.251 e. The van der Waals surface area contributed by atoms with Crippen LogP contribution in [-0.2, 0) is 17.8 Å². The SMILES string of the molecule is CCn1c(CCNC(=O)c2ccc(OC)cc2)nnc1SCC(=O)Nc1cccc2ccccc12. The van der Waals surface area contributed by atoms with Crippen molar-refractivity contribution in [1.82, 2.24) is 20.1 Å². The largest absolute Gasteiger partial charge is 0.497 e. The summed E-state index contributed by atoms with van der Waals surface area (Å²) >= 11 is 1.34. The number of rotatable bonds is 10. The number of amides is 2. The van der Waals surface area contributed by atoms with Crippen molar-refractivity contribution in [2.24, 2.45) is 0 Å². The van der Waals surface area contributed by atoms with E-state index in [0.29, 0.717) is 36.0 Å². The molecule has 0 aliphatic heterocycles. The van der Waals surface area contributed by atoms with E-state index in [1.807, 2.05) is 54.0 Å². The summed E-state index contributed by atoms with van der Waals surface area (Å²) < 4.78 is 7.09. The molecule has 0 fully saturated rings. The first-order valence-electron chi connectivity index (χ1n) is 11.3. The molecule has 2 N–H and O–H groups in total. The number of anilines is 1. The van der Waals surface area contributed by atoms with Crippen molar-refractivity contribution >= 4 is 40.0 Å². The second-order valence-corrected chi connectivity index (χ2v) is 8.68. The molecule has 1 aromatic heterocycles. The number of fused-ring (bicyclic) bond motifs is 1. The van der Waals surface area contributed by atoms with Gasteiger partial charge in [0.1, 0.15) is 11.6 Å². The van der Waals surface area contributed by atoms with E-state index in [0.717, 1.165) is 22.3 Å². The Hall–Kier alpha value is -3.85. The molecule has 0 saturated carbocycles. The predicted molar refractivity (Wildman–Crippen MR) is 138 cm³/mol. The van der Waals surface area contributed by atoms with Crippen LogP contribution in [0.25, 0.3) is 10.8 Å². The van der Waals surface area contributed by atoms with Crippen LogP contribution in [0, 0.1) is 0 Å². The summed E-state index contributed by atoms with van der Waals surface area (Å²) in [6.07, 6.45) is 0.533.